The minimum atomic E-state index is -0.124. The smallest absolute Gasteiger partial charge is 0.0645 e. The summed E-state index contributed by atoms with van der Waals surface area (Å²) >= 11 is 0. The fourth-order valence-corrected chi connectivity index (χ4v) is 7.01. The van der Waals surface area contributed by atoms with E-state index in [1.807, 2.05) is 126 Å². The lowest BCUT2D eigenvalue weighted by atomic mass is 9.97. The molecule has 0 aliphatic rings. The van der Waals surface area contributed by atoms with Gasteiger partial charge in [0.15, 0.2) is 0 Å². The molecule has 1 nitrogen and oxygen atoms in total. The average molecular weight is 680 g/mol. The molecule has 0 saturated carbocycles. The molecule has 0 atom stereocenters. The summed E-state index contributed by atoms with van der Waals surface area (Å²) in [6.07, 6.45) is 0. The Kier molecular flexibility index (Phi) is 7.50. The largest absolute Gasteiger partial charge is 0.310 e. The summed E-state index contributed by atoms with van der Waals surface area (Å²) in [4.78, 5) is 1.90. The summed E-state index contributed by atoms with van der Waals surface area (Å²) in [5.41, 5.74) is 10.6. The summed E-state index contributed by atoms with van der Waals surface area (Å²) in [6, 6.07) is 66.7. The zero-order chi connectivity index (χ0) is 38.9. The average Bonchev–Trinajstić information content (AvgIpc) is 3.28. The summed E-state index contributed by atoms with van der Waals surface area (Å²) in [6.45, 7) is 0. The van der Waals surface area contributed by atoms with Gasteiger partial charge in [-0.25, -0.2) is 0 Å². The zero-order valence-electron chi connectivity index (χ0n) is 33.0. The summed E-state index contributed by atoms with van der Waals surface area (Å²) in [7, 11) is 0. The van der Waals surface area contributed by atoms with Gasteiger partial charge in [-0.3, -0.25) is 0 Å². The molecule has 0 radical (unpaired) electrons. The maximum Gasteiger partial charge on any atom is 0.0645 e. The molecule has 250 valence electrons. The first-order valence-electron chi connectivity index (χ1n) is 19.8. The van der Waals surface area contributed by atoms with Crippen LogP contribution in [-0.4, -0.2) is 0 Å². The molecule has 0 N–H and O–H groups in total. The second-order valence-electron chi connectivity index (χ2n) is 13.1. The second kappa shape index (κ2) is 14.3. The van der Waals surface area contributed by atoms with Gasteiger partial charge in [0.2, 0.25) is 0 Å². The molecule has 0 unspecified atom stereocenters. The van der Waals surface area contributed by atoms with Crippen molar-refractivity contribution in [3.8, 4) is 55.6 Å². The lowest BCUT2D eigenvalue weighted by Gasteiger charge is -2.28. The minimum Gasteiger partial charge on any atom is -0.310 e. The number of benzene rings is 9. The van der Waals surface area contributed by atoms with Crippen LogP contribution in [0, 0.1) is 0 Å². The Morgan fingerprint density at radius 2 is 0.774 bits per heavy atom. The predicted molar refractivity (Wildman–Crippen MR) is 226 cm³/mol. The maximum atomic E-state index is 9.64. The topological polar surface area (TPSA) is 3.24 Å². The van der Waals surface area contributed by atoms with Crippen LogP contribution in [0.4, 0.5) is 17.1 Å². The normalized spacial score (nSPS) is 12.1. The van der Waals surface area contributed by atoms with Crippen LogP contribution in [0.25, 0.3) is 66.4 Å². The van der Waals surface area contributed by atoms with Crippen molar-refractivity contribution in [2.45, 2.75) is 0 Å². The SMILES string of the molecule is [2H]c1c([2H])c(N(c2cccc(-c3ccc4ccccc4c3)c2)c2ccccc2-c2ccc(-c3ccccc3)cc2)c([2H])c([2H])c1-c1cccc(-c2ccccc2)c1. The van der Waals surface area contributed by atoms with Crippen LogP contribution in [0.5, 0.6) is 0 Å². The van der Waals surface area contributed by atoms with Gasteiger partial charge in [0.1, 0.15) is 0 Å². The van der Waals surface area contributed by atoms with E-state index in [2.05, 4.69) is 78.9 Å². The first-order valence-corrected chi connectivity index (χ1v) is 17.8. The fourth-order valence-electron chi connectivity index (χ4n) is 7.01. The van der Waals surface area contributed by atoms with E-state index in [-0.39, 0.29) is 35.4 Å². The highest BCUT2D eigenvalue weighted by atomic mass is 15.1. The van der Waals surface area contributed by atoms with E-state index >= 15 is 0 Å². The number of hydrogen-bond donors (Lipinski definition) is 0. The van der Waals surface area contributed by atoms with Crippen molar-refractivity contribution in [2.75, 3.05) is 4.90 Å². The van der Waals surface area contributed by atoms with Crippen molar-refractivity contribution < 1.29 is 5.48 Å². The van der Waals surface area contributed by atoms with E-state index in [1.165, 1.54) is 0 Å². The van der Waals surface area contributed by atoms with Crippen LogP contribution >= 0.6 is 0 Å². The number of para-hydroxylation sites is 1. The van der Waals surface area contributed by atoms with Gasteiger partial charge in [-0.05, 0) is 103 Å². The van der Waals surface area contributed by atoms with Gasteiger partial charge < -0.3 is 4.90 Å². The van der Waals surface area contributed by atoms with Crippen LogP contribution in [0.2, 0.25) is 0 Å². The van der Waals surface area contributed by atoms with E-state index in [0.29, 0.717) is 11.3 Å². The highest BCUT2D eigenvalue weighted by Gasteiger charge is 2.18. The van der Waals surface area contributed by atoms with Gasteiger partial charge in [-0.15, -0.1) is 0 Å². The quantitative estimate of drug-likeness (QED) is 0.154. The van der Waals surface area contributed by atoms with Crippen LogP contribution in [-0.2, 0) is 0 Å². The molecule has 0 aliphatic carbocycles. The van der Waals surface area contributed by atoms with Gasteiger partial charge in [-0.1, -0.05) is 182 Å². The molecule has 9 aromatic rings. The molecular weight excluding hydrogens is 639 g/mol. The monoisotopic (exact) mass is 679 g/mol. The summed E-state index contributed by atoms with van der Waals surface area (Å²) in [5, 5.41) is 2.29. The molecule has 9 rings (SSSR count). The van der Waals surface area contributed by atoms with Gasteiger partial charge >= 0.3 is 0 Å². The molecule has 0 bridgehead atoms. The Morgan fingerprint density at radius 3 is 1.51 bits per heavy atom. The first-order chi connectivity index (χ1) is 27.9. The van der Waals surface area contributed by atoms with Crippen LogP contribution in [0.3, 0.4) is 0 Å². The Morgan fingerprint density at radius 1 is 0.283 bits per heavy atom. The van der Waals surface area contributed by atoms with E-state index in [4.69, 9.17) is 0 Å². The lowest BCUT2D eigenvalue weighted by Crippen LogP contribution is -2.11. The summed E-state index contributed by atoms with van der Waals surface area (Å²) < 4.78 is 38.2. The highest BCUT2D eigenvalue weighted by molar-refractivity contribution is 5.91. The van der Waals surface area contributed by atoms with E-state index in [9.17, 15) is 5.48 Å². The molecule has 0 fully saturated rings. The van der Waals surface area contributed by atoms with Crippen molar-refractivity contribution in [1.29, 1.82) is 0 Å². The molecule has 0 saturated heterocycles. The molecule has 0 aliphatic heterocycles. The molecule has 0 amide bonds. The molecule has 0 aromatic heterocycles. The number of anilines is 3. The Balaban J connectivity index is 1.23. The van der Waals surface area contributed by atoms with Gasteiger partial charge in [0.05, 0.1) is 11.2 Å². The third-order valence-corrected chi connectivity index (χ3v) is 9.73. The summed E-state index contributed by atoms with van der Waals surface area (Å²) in [5.74, 6) is 0. The number of nitrogens with zero attached hydrogens (tertiary/aromatic N) is 1. The standard InChI is InChI=1S/C52H37N/c1-3-13-38(14-4-1)41-25-28-43(29-26-41)51-23-9-10-24-52(51)53(50-22-12-21-47(37-50)48-30-27-40-17-7-8-18-44(40)36-48)49-33-31-42(32-34-49)46-20-11-19-45(35-46)39-15-5-2-6-16-39/h1-37H/i31D,32D,33D,34D. The van der Waals surface area contributed by atoms with Gasteiger partial charge in [-0.2, -0.15) is 0 Å². The Hall–Kier alpha value is -6.96. The van der Waals surface area contributed by atoms with E-state index < -0.39 is 0 Å². The number of rotatable bonds is 8. The first kappa shape index (κ1) is 27.7. The zero-order valence-corrected chi connectivity index (χ0v) is 29.0. The predicted octanol–water partition coefficient (Wildman–Crippen LogP) is 14.6. The Labute approximate surface area is 317 Å². The molecular formula is C52H37N. The van der Waals surface area contributed by atoms with Crippen LogP contribution in [0.1, 0.15) is 5.48 Å². The molecule has 9 aromatic carbocycles. The molecule has 1 heteroatoms. The van der Waals surface area contributed by atoms with Crippen LogP contribution in [0.15, 0.2) is 224 Å². The number of hydrogen-bond acceptors (Lipinski definition) is 1. The molecule has 0 heterocycles. The third kappa shape index (κ3) is 6.65. The van der Waals surface area contributed by atoms with E-state index in [1.54, 1.807) is 0 Å². The Bertz CT molecular complexity index is 2860. The van der Waals surface area contributed by atoms with Crippen molar-refractivity contribution >= 4 is 27.8 Å². The lowest BCUT2D eigenvalue weighted by molar-refractivity contribution is 1.28. The highest BCUT2D eigenvalue weighted by Crippen LogP contribution is 2.43. The van der Waals surface area contributed by atoms with Crippen molar-refractivity contribution in [3.05, 3.63) is 224 Å². The van der Waals surface area contributed by atoms with Gasteiger partial charge in [0.25, 0.3) is 0 Å². The van der Waals surface area contributed by atoms with Gasteiger partial charge in [0, 0.05) is 16.9 Å². The maximum absolute atomic E-state index is 9.64. The van der Waals surface area contributed by atoms with Crippen molar-refractivity contribution in [2.24, 2.45) is 0 Å². The number of fused-ring (bicyclic) bond motifs is 1. The van der Waals surface area contributed by atoms with Crippen molar-refractivity contribution in [3.63, 3.8) is 0 Å². The van der Waals surface area contributed by atoms with Crippen molar-refractivity contribution in [1.82, 2.24) is 0 Å². The third-order valence-electron chi connectivity index (χ3n) is 9.73. The van der Waals surface area contributed by atoms with Crippen LogP contribution < -0.4 is 4.90 Å². The molecule has 0 spiro atoms. The van der Waals surface area contributed by atoms with E-state index in [0.717, 1.165) is 61.0 Å². The minimum absolute atomic E-state index is 0.100. The fraction of sp³-hybridized carbons (Fsp3) is 0. The molecule has 53 heavy (non-hydrogen) atoms. The second-order valence-corrected chi connectivity index (χ2v) is 13.1.